The summed E-state index contributed by atoms with van der Waals surface area (Å²) < 4.78 is 5.33. The Morgan fingerprint density at radius 2 is 1.94 bits per heavy atom. The molecule has 1 heterocycles. The van der Waals surface area contributed by atoms with Gasteiger partial charge in [0.2, 0.25) is 0 Å². The highest BCUT2D eigenvalue weighted by Crippen LogP contribution is 2.20. The average Bonchev–Trinajstić information content (AvgIpc) is 2.76. The van der Waals surface area contributed by atoms with Gasteiger partial charge in [-0.2, -0.15) is 0 Å². The third kappa shape index (κ3) is 5.07. The molecule has 0 bridgehead atoms. The number of carbonyl (C=O) groups is 1. The van der Waals surface area contributed by atoms with Crippen molar-refractivity contribution in [1.82, 2.24) is 5.32 Å². The molecule has 0 aromatic heterocycles. The summed E-state index contributed by atoms with van der Waals surface area (Å²) in [6.45, 7) is 5.69. The van der Waals surface area contributed by atoms with E-state index in [0.29, 0.717) is 6.61 Å². The van der Waals surface area contributed by atoms with Gasteiger partial charge >= 0.3 is 5.97 Å². The summed E-state index contributed by atoms with van der Waals surface area (Å²) in [5.74, 6) is -0.0661. The first-order chi connectivity index (χ1) is 8.19. The Morgan fingerprint density at radius 3 is 2.59 bits per heavy atom. The molecule has 1 atom stereocenters. The molecule has 1 aliphatic heterocycles. The van der Waals surface area contributed by atoms with Gasteiger partial charge < -0.3 is 10.1 Å². The first-order valence-electron chi connectivity index (χ1n) is 7.11. The van der Waals surface area contributed by atoms with Crippen molar-refractivity contribution in [2.24, 2.45) is 0 Å². The Kier molecular flexibility index (Phi) is 6.56. The molecule has 0 aromatic rings. The standard InChI is InChI=1S/C14H27NO2/c1-3-4-5-6-7-8-12-17-13(16)14(2)10-9-11-15-14/h15H,3-12H2,1-2H3. The van der Waals surface area contributed by atoms with Crippen LogP contribution in [0, 0.1) is 0 Å². The van der Waals surface area contributed by atoms with Crippen molar-refractivity contribution in [2.45, 2.75) is 70.8 Å². The maximum absolute atomic E-state index is 11.8. The smallest absolute Gasteiger partial charge is 0.326 e. The van der Waals surface area contributed by atoms with Gasteiger partial charge in [-0.15, -0.1) is 0 Å². The Balaban J connectivity index is 2.00. The van der Waals surface area contributed by atoms with Gasteiger partial charge in [-0.05, 0) is 32.7 Å². The van der Waals surface area contributed by atoms with Crippen LogP contribution in [-0.2, 0) is 9.53 Å². The molecule has 0 aromatic carbocycles. The molecule has 0 radical (unpaired) electrons. The van der Waals surface area contributed by atoms with Crippen LogP contribution in [0.2, 0.25) is 0 Å². The fraction of sp³-hybridized carbons (Fsp3) is 0.929. The normalized spacial score (nSPS) is 23.9. The SMILES string of the molecule is CCCCCCCCOC(=O)C1(C)CCCN1. The van der Waals surface area contributed by atoms with E-state index < -0.39 is 5.54 Å². The number of hydrogen-bond acceptors (Lipinski definition) is 3. The molecule has 17 heavy (non-hydrogen) atoms. The molecular formula is C14H27NO2. The highest BCUT2D eigenvalue weighted by Gasteiger charge is 2.37. The average molecular weight is 241 g/mol. The minimum atomic E-state index is -0.414. The molecule has 1 aliphatic rings. The van der Waals surface area contributed by atoms with Crippen molar-refractivity contribution in [3.63, 3.8) is 0 Å². The van der Waals surface area contributed by atoms with Crippen molar-refractivity contribution < 1.29 is 9.53 Å². The predicted molar refractivity (Wildman–Crippen MR) is 70.0 cm³/mol. The van der Waals surface area contributed by atoms with E-state index in [9.17, 15) is 4.79 Å². The zero-order valence-corrected chi connectivity index (χ0v) is 11.4. The van der Waals surface area contributed by atoms with E-state index in [1.807, 2.05) is 6.92 Å². The predicted octanol–water partition coefficient (Wildman–Crippen LogP) is 3.03. The number of nitrogens with one attached hydrogen (secondary N) is 1. The summed E-state index contributed by atoms with van der Waals surface area (Å²) >= 11 is 0. The minimum Gasteiger partial charge on any atom is -0.464 e. The molecule has 0 saturated carbocycles. The van der Waals surface area contributed by atoms with Crippen LogP contribution in [0.25, 0.3) is 0 Å². The lowest BCUT2D eigenvalue weighted by molar-refractivity contribution is -0.150. The van der Waals surface area contributed by atoms with Gasteiger partial charge in [0.25, 0.3) is 0 Å². The molecule has 100 valence electrons. The highest BCUT2D eigenvalue weighted by molar-refractivity contribution is 5.80. The van der Waals surface area contributed by atoms with E-state index in [4.69, 9.17) is 4.74 Å². The van der Waals surface area contributed by atoms with Crippen molar-refractivity contribution in [3.05, 3.63) is 0 Å². The lowest BCUT2D eigenvalue weighted by Gasteiger charge is -2.21. The van der Waals surface area contributed by atoms with Gasteiger partial charge in [0.1, 0.15) is 5.54 Å². The van der Waals surface area contributed by atoms with Crippen LogP contribution in [-0.4, -0.2) is 24.7 Å². The van der Waals surface area contributed by atoms with Gasteiger partial charge in [0.15, 0.2) is 0 Å². The van der Waals surface area contributed by atoms with E-state index in [-0.39, 0.29) is 5.97 Å². The second-order valence-corrected chi connectivity index (χ2v) is 5.27. The monoisotopic (exact) mass is 241 g/mol. The molecule has 1 rings (SSSR count). The molecular weight excluding hydrogens is 214 g/mol. The fourth-order valence-corrected chi connectivity index (χ4v) is 2.28. The molecule has 1 saturated heterocycles. The van der Waals surface area contributed by atoms with Crippen molar-refractivity contribution in [2.75, 3.05) is 13.2 Å². The van der Waals surface area contributed by atoms with E-state index in [1.165, 1.54) is 32.1 Å². The number of rotatable bonds is 8. The van der Waals surface area contributed by atoms with Crippen LogP contribution in [0.4, 0.5) is 0 Å². The fourth-order valence-electron chi connectivity index (χ4n) is 2.28. The number of hydrogen-bond donors (Lipinski definition) is 1. The lowest BCUT2D eigenvalue weighted by atomic mass is 10.0. The first kappa shape index (κ1) is 14.5. The number of unbranched alkanes of at least 4 members (excludes halogenated alkanes) is 5. The molecule has 0 aliphatic carbocycles. The number of carbonyl (C=O) groups excluding carboxylic acids is 1. The topological polar surface area (TPSA) is 38.3 Å². The van der Waals surface area contributed by atoms with E-state index >= 15 is 0 Å². The third-order valence-corrected chi connectivity index (χ3v) is 3.55. The summed E-state index contributed by atoms with van der Waals surface area (Å²) in [6.07, 6.45) is 9.33. The molecule has 3 nitrogen and oxygen atoms in total. The molecule has 1 fully saturated rings. The van der Waals surface area contributed by atoms with Crippen molar-refractivity contribution >= 4 is 5.97 Å². The van der Waals surface area contributed by atoms with Crippen LogP contribution in [0.15, 0.2) is 0 Å². The Labute approximate surface area is 105 Å². The highest BCUT2D eigenvalue weighted by atomic mass is 16.5. The summed E-state index contributed by atoms with van der Waals surface area (Å²) in [5, 5.41) is 3.23. The summed E-state index contributed by atoms with van der Waals surface area (Å²) in [7, 11) is 0. The van der Waals surface area contributed by atoms with E-state index in [0.717, 1.165) is 25.8 Å². The van der Waals surface area contributed by atoms with Crippen LogP contribution >= 0.6 is 0 Å². The number of esters is 1. The van der Waals surface area contributed by atoms with E-state index in [1.54, 1.807) is 0 Å². The largest absolute Gasteiger partial charge is 0.464 e. The second kappa shape index (κ2) is 7.70. The summed E-state index contributed by atoms with van der Waals surface area (Å²) in [4.78, 5) is 11.8. The van der Waals surface area contributed by atoms with Crippen molar-refractivity contribution in [1.29, 1.82) is 0 Å². The van der Waals surface area contributed by atoms with Gasteiger partial charge in [-0.25, -0.2) is 0 Å². The maximum atomic E-state index is 11.8. The van der Waals surface area contributed by atoms with Gasteiger partial charge in [-0.1, -0.05) is 39.0 Å². The zero-order valence-electron chi connectivity index (χ0n) is 11.4. The van der Waals surface area contributed by atoms with Crippen LogP contribution in [0.3, 0.4) is 0 Å². The molecule has 0 spiro atoms. The molecule has 1 unspecified atom stereocenters. The lowest BCUT2D eigenvalue weighted by Crippen LogP contribution is -2.45. The molecule has 3 heteroatoms. The first-order valence-corrected chi connectivity index (χ1v) is 7.11. The molecule has 1 N–H and O–H groups in total. The van der Waals surface area contributed by atoms with Crippen molar-refractivity contribution in [3.8, 4) is 0 Å². The minimum absolute atomic E-state index is 0.0661. The van der Waals surface area contributed by atoms with E-state index in [2.05, 4.69) is 12.2 Å². The Morgan fingerprint density at radius 1 is 1.24 bits per heavy atom. The maximum Gasteiger partial charge on any atom is 0.326 e. The van der Waals surface area contributed by atoms with Gasteiger partial charge in [0.05, 0.1) is 6.61 Å². The third-order valence-electron chi connectivity index (χ3n) is 3.55. The summed E-state index contributed by atoms with van der Waals surface area (Å²) in [6, 6.07) is 0. The number of ether oxygens (including phenoxy) is 1. The van der Waals surface area contributed by atoms with Crippen LogP contribution in [0.1, 0.15) is 65.2 Å². The molecule has 0 amide bonds. The van der Waals surface area contributed by atoms with Gasteiger partial charge in [0, 0.05) is 0 Å². The summed E-state index contributed by atoms with van der Waals surface area (Å²) in [5.41, 5.74) is -0.414. The Bertz CT molecular complexity index is 222. The van der Waals surface area contributed by atoms with Gasteiger partial charge in [-0.3, -0.25) is 4.79 Å². The Hall–Kier alpha value is -0.570. The zero-order chi connectivity index (χ0) is 12.6. The van der Waals surface area contributed by atoms with Crippen LogP contribution in [0.5, 0.6) is 0 Å². The quantitative estimate of drug-likeness (QED) is 0.524. The van der Waals surface area contributed by atoms with Crippen LogP contribution < -0.4 is 5.32 Å². The second-order valence-electron chi connectivity index (χ2n) is 5.27.